The van der Waals surface area contributed by atoms with Crippen LogP contribution in [0, 0.1) is 0 Å². The van der Waals surface area contributed by atoms with E-state index in [0.717, 1.165) is 20.7 Å². The van der Waals surface area contributed by atoms with Crippen LogP contribution in [0.2, 0.25) is 10.1 Å². The number of carbonyl (C=O) groups is 2. The van der Waals surface area contributed by atoms with Crippen molar-refractivity contribution in [3.63, 3.8) is 0 Å². The monoisotopic (exact) mass is 990 g/mol. The van der Waals surface area contributed by atoms with Crippen LogP contribution in [-0.2, 0) is 18.3 Å². The molecule has 2 aliphatic rings. The molecule has 0 aliphatic carbocycles. The summed E-state index contributed by atoms with van der Waals surface area (Å²) in [6.07, 6.45) is 0.738. The van der Waals surface area contributed by atoms with Gasteiger partial charge in [-0.3, -0.25) is 9.80 Å². The molecule has 0 saturated carbocycles. The highest BCUT2D eigenvalue weighted by Crippen LogP contribution is 2.41. The van der Waals surface area contributed by atoms with E-state index in [1.807, 2.05) is 65.8 Å². The van der Waals surface area contributed by atoms with E-state index in [9.17, 15) is 20.2 Å². The van der Waals surface area contributed by atoms with Crippen molar-refractivity contribution in [3.05, 3.63) is 132 Å². The maximum absolute atomic E-state index is 14.5. The number of ether oxygens (including phenoxy) is 2. The molecule has 378 valence electrons. The van der Waals surface area contributed by atoms with Crippen molar-refractivity contribution >= 4 is 49.6 Å². The summed E-state index contributed by atoms with van der Waals surface area (Å²) in [5.41, 5.74) is 8.50. The van der Waals surface area contributed by atoms with E-state index in [2.05, 4.69) is 149 Å². The predicted molar refractivity (Wildman–Crippen MR) is 285 cm³/mol. The highest BCUT2D eigenvalue weighted by molar-refractivity contribution is 7.00. The molecule has 2 fully saturated rings. The van der Waals surface area contributed by atoms with Crippen molar-refractivity contribution in [1.82, 2.24) is 9.80 Å². The summed E-state index contributed by atoms with van der Waals surface area (Å²) in [6.45, 7) is 24.9. The number of carbonyl (C=O) groups excluding carboxylic acids is 2. The van der Waals surface area contributed by atoms with Gasteiger partial charge >= 0.3 is 12.2 Å². The lowest BCUT2D eigenvalue weighted by atomic mass is 9.96. The second-order valence-electron chi connectivity index (χ2n) is 23.2. The predicted octanol–water partition coefficient (Wildman–Crippen LogP) is 10.5. The van der Waals surface area contributed by atoms with Crippen LogP contribution in [0.1, 0.15) is 122 Å². The number of hydrogen-bond donors (Lipinski definition) is 1. The molecule has 2 heterocycles. The maximum atomic E-state index is 14.5. The van der Waals surface area contributed by atoms with Gasteiger partial charge in [0, 0.05) is 11.0 Å². The Balaban J connectivity index is 1.27. The molecular weight excluding hydrogens is 911 g/mol. The number of amides is 2. The summed E-state index contributed by atoms with van der Waals surface area (Å²) in [6, 6.07) is 39.1. The van der Waals surface area contributed by atoms with Gasteiger partial charge < -0.3 is 23.4 Å². The third-order valence-electron chi connectivity index (χ3n) is 14.0. The third-order valence-corrected chi connectivity index (χ3v) is 24.0. The molecule has 4 aromatic carbocycles. The second kappa shape index (κ2) is 22.2. The van der Waals surface area contributed by atoms with E-state index in [1.54, 1.807) is 9.80 Å². The summed E-state index contributed by atoms with van der Waals surface area (Å²) < 4.78 is 26.9. The SMILES string of the molecule is CC(C)(C)OC(=O)N1[C@H](CO[Si](c2ccccc2)(c2ccccc2)C(C)(C)C)CC[C@H]1[C@H](O)CC[C@H](N=[N+]=[N-])[C@@H]1CC[C@@H](CO[Si](c2ccccc2)(c2ccccc2)C(C)(C)C)N1C(=O)OC(C)(C)C. The fraction of sp³-hybridized carbons (Fsp3) is 0.536. The number of likely N-dealkylation sites (tertiary alicyclic amines) is 2. The lowest BCUT2D eigenvalue weighted by Crippen LogP contribution is -2.67. The highest BCUT2D eigenvalue weighted by Gasteiger charge is 2.54. The molecule has 0 spiro atoms. The quantitative estimate of drug-likeness (QED) is 0.0509. The van der Waals surface area contributed by atoms with Gasteiger partial charge in [0.2, 0.25) is 0 Å². The van der Waals surface area contributed by atoms with Gasteiger partial charge in [-0.15, -0.1) is 0 Å². The van der Waals surface area contributed by atoms with Gasteiger partial charge in [-0.1, -0.05) is 168 Å². The maximum Gasteiger partial charge on any atom is 0.410 e. The number of hydrogen-bond acceptors (Lipinski definition) is 8. The van der Waals surface area contributed by atoms with Crippen LogP contribution in [0.15, 0.2) is 126 Å². The van der Waals surface area contributed by atoms with Crippen LogP contribution < -0.4 is 20.7 Å². The molecule has 0 radical (unpaired) electrons. The van der Waals surface area contributed by atoms with E-state index >= 15 is 0 Å². The molecule has 2 saturated heterocycles. The van der Waals surface area contributed by atoms with Crippen molar-refractivity contribution in [1.29, 1.82) is 0 Å². The van der Waals surface area contributed by atoms with E-state index < -0.39 is 64.3 Å². The molecule has 0 unspecified atom stereocenters. The summed E-state index contributed by atoms with van der Waals surface area (Å²) in [5.74, 6) is 0. The van der Waals surface area contributed by atoms with Crippen molar-refractivity contribution in [3.8, 4) is 0 Å². The Morgan fingerprint density at radius 2 is 0.900 bits per heavy atom. The van der Waals surface area contributed by atoms with Crippen LogP contribution >= 0.6 is 0 Å². The number of aliphatic hydroxyl groups excluding tert-OH is 1. The number of aliphatic hydroxyl groups is 1. The molecule has 70 heavy (non-hydrogen) atoms. The molecule has 12 nitrogen and oxygen atoms in total. The van der Waals surface area contributed by atoms with E-state index in [-0.39, 0.29) is 48.2 Å². The molecular formula is C56H79N5O7Si2. The summed E-state index contributed by atoms with van der Waals surface area (Å²) in [7, 11) is -5.94. The molecule has 2 amide bonds. The third kappa shape index (κ3) is 12.2. The molecule has 14 heteroatoms. The lowest BCUT2D eigenvalue weighted by molar-refractivity contribution is -0.0121. The summed E-state index contributed by atoms with van der Waals surface area (Å²) in [5, 5.41) is 20.6. The molecule has 0 aromatic heterocycles. The summed E-state index contributed by atoms with van der Waals surface area (Å²) in [4.78, 5) is 35.6. The van der Waals surface area contributed by atoms with Gasteiger partial charge in [0.1, 0.15) is 11.2 Å². The zero-order valence-electron chi connectivity index (χ0n) is 43.8. The number of nitrogens with zero attached hydrogens (tertiary/aromatic N) is 5. The highest BCUT2D eigenvalue weighted by atomic mass is 28.4. The zero-order valence-corrected chi connectivity index (χ0v) is 45.8. The normalized spacial score (nSPS) is 20.1. The van der Waals surface area contributed by atoms with Crippen LogP contribution in [0.3, 0.4) is 0 Å². The standard InChI is InChI=1S/C56H79N5O7Si2/c1-53(2,3)67-51(63)60-41(39-65-69(55(7,8)9,43-25-17-13-18-26-43)44-27-19-14-20-28-44)33-36-48(60)47(58-59-57)35-38-50(62)49-37-34-42(61(49)52(64)68-54(4,5)6)40-66-70(56(10,11)12,45-29-21-15-22-30-45)46-31-23-16-24-32-46/h13-32,41-42,47-50,62H,33-40H2,1-12H3/t41-,42-,47-,48-,49-,50+/m0/s1. The Kier molecular flexibility index (Phi) is 17.3. The lowest BCUT2D eigenvalue weighted by Gasteiger charge is -2.44. The smallest absolute Gasteiger partial charge is 0.410 e. The first-order valence-electron chi connectivity index (χ1n) is 25.2. The molecule has 1 N–H and O–H groups in total. The van der Waals surface area contributed by atoms with Gasteiger partial charge in [-0.2, -0.15) is 0 Å². The Labute approximate surface area is 420 Å². The fourth-order valence-corrected chi connectivity index (χ4v) is 20.2. The van der Waals surface area contributed by atoms with Crippen molar-refractivity contribution in [2.45, 2.75) is 179 Å². The van der Waals surface area contributed by atoms with Crippen molar-refractivity contribution in [2.24, 2.45) is 5.11 Å². The van der Waals surface area contributed by atoms with E-state index in [4.69, 9.17) is 18.3 Å². The first kappa shape index (κ1) is 54.4. The van der Waals surface area contributed by atoms with Gasteiger partial charge in [0.05, 0.1) is 43.5 Å². The number of benzene rings is 4. The average molecular weight is 990 g/mol. The first-order valence-corrected chi connectivity index (χ1v) is 29.0. The van der Waals surface area contributed by atoms with Crippen LogP contribution in [0.4, 0.5) is 9.59 Å². The summed E-state index contributed by atoms with van der Waals surface area (Å²) >= 11 is 0. The first-order chi connectivity index (χ1) is 32.9. The van der Waals surface area contributed by atoms with Gasteiger partial charge in [-0.05, 0) is 116 Å². The van der Waals surface area contributed by atoms with Crippen molar-refractivity contribution in [2.75, 3.05) is 13.2 Å². The molecule has 0 bridgehead atoms. The Bertz CT molecular complexity index is 2280. The number of rotatable bonds is 16. The zero-order chi connectivity index (χ0) is 51.1. The Morgan fingerprint density at radius 3 is 1.21 bits per heavy atom. The van der Waals surface area contributed by atoms with Crippen LogP contribution in [0.5, 0.6) is 0 Å². The fourth-order valence-electron chi connectivity index (χ4n) is 11.0. The molecule has 6 rings (SSSR count). The molecule has 4 aromatic rings. The minimum Gasteiger partial charge on any atom is -0.444 e. The number of azide groups is 1. The van der Waals surface area contributed by atoms with Gasteiger partial charge in [-0.25, -0.2) is 9.59 Å². The van der Waals surface area contributed by atoms with Crippen molar-refractivity contribution < 1.29 is 33.0 Å². The Hall–Kier alpha value is -4.96. The minimum atomic E-state index is -2.98. The second-order valence-corrected chi connectivity index (χ2v) is 31.8. The topological polar surface area (TPSA) is 147 Å². The average Bonchev–Trinajstić information content (AvgIpc) is 3.93. The van der Waals surface area contributed by atoms with Crippen LogP contribution in [0.25, 0.3) is 10.4 Å². The van der Waals surface area contributed by atoms with Gasteiger partial charge in [0.25, 0.3) is 16.6 Å². The van der Waals surface area contributed by atoms with Crippen LogP contribution in [-0.4, -0.2) is 104 Å². The Morgan fingerprint density at radius 1 is 0.571 bits per heavy atom. The largest absolute Gasteiger partial charge is 0.444 e. The van der Waals surface area contributed by atoms with Gasteiger partial charge in [0.15, 0.2) is 0 Å². The van der Waals surface area contributed by atoms with E-state index in [1.165, 1.54) is 0 Å². The van der Waals surface area contributed by atoms with E-state index in [0.29, 0.717) is 25.7 Å². The molecule has 6 atom stereocenters. The minimum absolute atomic E-state index is 0.206. The molecule has 2 aliphatic heterocycles.